The number of benzene rings is 1. The van der Waals surface area contributed by atoms with Crippen molar-refractivity contribution in [2.24, 2.45) is 5.92 Å². The molecule has 1 aromatic heterocycles. The summed E-state index contributed by atoms with van der Waals surface area (Å²) >= 11 is 0. The molecule has 0 aliphatic carbocycles. The SMILES string of the molecule is CC(C)CCNC(=O)c1ccc(-c2ccccc2)cn1. The molecule has 1 heterocycles. The molecule has 0 atom stereocenters. The predicted octanol–water partition coefficient (Wildman–Crippen LogP) is 3.52. The first kappa shape index (κ1) is 14.3. The fraction of sp³-hybridized carbons (Fsp3) is 0.294. The number of pyridine rings is 1. The van der Waals surface area contributed by atoms with Gasteiger partial charge in [-0.1, -0.05) is 50.2 Å². The summed E-state index contributed by atoms with van der Waals surface area (Å²) in [6.45, 7) is 4.97. The second-order valence-electron chi connectivity index (χ2n) is 5.24. The third kappa shape index (κ3) is 3.92. The van der Waals surface area contributed by atoms with E-state index in [4.69, 9.17) is 0 Å². The van der Waals surface area contributed by atoms with E-state index in [0.29, 0.717) is 18.2 Å². The van der Waals surface area contributed by atoms with Crippen LogP contribution in [0.2, 0.25) is 0 Å². The molecular weight excluding hydrogens is 248 g/mol. The van der Waals surface area contributed by atoms with Crippen LogP contribution >= 0.6 is 0 Å². The number of rotatable bonds is 5. The zero-order valence-corrected chi connectivity index (χ0v) is 12.0. The third-order valence-corrected chi connectivity index (χ3v) is 3.11. The Morgan fingerprint density at radius 1 is 1.10 bits per heavy atom. The second kappa shape index (κ2) is 6.85. The van der Waals surface area contributed by atoms with Gasteiger partial charge in [0.15, 0.2) is 0 Å². The molecule has 3 nitrogen and oxygen atoms in total. The number of nitrogens with zero attached hydrogens (tertiary/aromatic N) is 1. The Bertz CT molecular complexity index is 547. The summed E-state index contributed by atoms with van der Waals surface area (Å²) in [4.78, 5) is 16.1. The first-order valence-electron chi connectivity index (χ1n) is 6.96. The van der Waals surface area contributed by atoms with Gasteiger partial charge in [0, 0.05) is 18.3 Å². The predicted molar refractivity (Wildman–Crippen MR) is 81.5 cm³/mol. The van der Waals surface area contributed by atoms with Crippen molar-refractivity contribution in [2.45, 2.75) is 20.3 Å². The first-order valence-corrected chi connectivity index (χ1v) is 6.96. The Hall–Kier alpha value is -2.16. The highest BCUT2D eigenvalue weighted by Gasteiger charge is 2.07. The van der Waals surface area contributed by atoms with Gasteiger partial charge in [-0.25, -0.2) is 0 Å². The molecule has 0 fully saturated rings. The number of carbonyl (C=O) groups excluding carboxylic acids is 1. The van der Waals surface area contributed by atoms with E-state index in [1.165, 1.54) is 0 Å². The maximum Gasteiger partial charge on any atom is 0.269 e. The molecule has 0 spiro atoms. The quantitative estimate of drug-likeness (QED) is 0.901. The van der Waals surface area contributed by atoms with Crippen LogP contribution in [0.1, 0.15) is 30.8 Å². The van der Waals surface area contributed by atoms with Gasteiger partial charge in [0.1, 0.15) is 5.69 Å². The van der Waals surface area contributed by atoms with Crippen molar-refractivity contribution >= 4 is 5.91 Å². The van der Waals surface area contributed by atoms with E-state index in [0.717, 1.165) is 17.5 Å². The van der Waals surface area contributed by atoms with Gasteiger partial charge in [0.25, 0.3) is 5.91 Å². The van der Waals surface area contributed by atoms with Crippen LogP contribution < -0.4 is 5.32 Å². The summed E-state index contributed by atoms with van der Waals surface area (Å²) in [6.07, 6.45) is 2.72. The van der Waals surface area contributed by atoms with E-state index >= 15 is 0 Å². The van der Waals surface area contributed by atoms with Crippen LogP contribution in [0.25, 0.3) is 11.1 Å². The third-order valence-electron chi connectivity index (χ3n) is 3.11. The van der Waals surface area contributed by atoms with Gasteiger partial charge in [-0.05, 0) is 24.0 Å². The Kier molecular flexibility index (Phi) is 4.88. The molecule has 0 aliphatic heterocycles. The lowest BCUT2D eigenvalue weighted by Gasteiger charge is -2.07. The van der Waals surface area contributed by atoms with E-state index < -0.39 is 0 Å². The number of hydrogen-bond acceptors (Lipinski definition) is 2. The van der Waals surface area contributed by atoms with Crippen LogP contribution in [0.15, 0.2) is 48.7 Å². The lowest BCUT2D eigenvalue weighted by Crippen LogP contribution is -2.26. The normalized spacial score (nSPS) is 10.6. The summed E-state index contributed by atoms with van der Waals surface area (Å²) in [5.74, 6) is 0.481. The number of aromatic nitrogens is 1. The number of carbonyl (C=O) groups is 1. The number of hydrogen-bond donors (Lipinski definition) is 1. The lowest BCUT2D eigenvalue weighted by atomic mass is 10.1. The molecule has 0 radical (unpaired) electrons. The van der Waals surface area contributed by atoms with Crippen molar-refractivity contribution in [3.8, 4) is 11.1 Å². The van der Waals surface area contributed by atoms with Crippen molar-refractivity contribution in [3.63, 3.8) is 0 Å². The van der Waals surface area contributed by atoms with Crippen molar-refractivity contribution in [3.05, 3.63) is 54.4 Å². The van der Waals surface area contributed by atoms with Gasteiger partial charge in [-0.3, -0.25) is 9.78 Å². The lowest BCUT2D eigenvalue weighted by molar-refractivity contribution is 0.0947. The molecule has 0 saturated heterocycles. The molecule has 104 valence electrons. The van der Waals surface area contributed by atoms with E-state index in [-0.39, 0.29) is 5.91 Å². The smallest absolute Gasteiger partial charge is 0.269 e. The summed E-state index contributed by atoms with van der Waals surface area (Å²) in [7, 11) is 0. The molecule has 0 unspecified atom stereocenters. The van der Waals surface area contributed by atoms with E-state index in [9.17, 15) is 4.79 Å². The van der Waals surface area contributed by atoms with E-state index in [1.807, 2.05) is 36.4 Å². The summed E-state index contributed by atoms with van der Waals surface area (Å²) in [5.41, 5.74) is 2.59. The van der Waals surface area contributed by atoms with Crippen molar-refractivity contribution in [1.82, 2.24) is 10.3 Å². The fourth-order valence-corrected chi connectivity index (χ4v) is 1.89. The van der Waals surface area contributed by atoms with Gasteiger partial charge in [-0.15, -0.1) is 0 Å². The molecule has 0 saturated carbocycles. The highest BCUT2D eigenvalue weighted by atomic mass is 16.1. The Balaban J connectivity index is 1.99. The molecule has 0 aliphatic rings. The van der Waals surface area contributed by atoms with Crippen LogP contribution in [0, 0.1) is 5.92 Å². The van der Waals surface area contributed by atoms with Crippen molar-refractivity contribution in [1.29, 1.82) is 0 Å². The summed E-state index contributed by atoms with van der Waals surface area (Å²) < 4.78 is 0. The second-order valence-corrected chi connectivity index (χ2v) is 5.24. The van der Waals surface area contributed by atoms with E-state index in [2.05, 4.69) is 24.1 Å². The molecule has 2 rings (SSSR count). The Labute approximate surface area is 120 Å². The molecule has 1 amide bonds. The van der Waals surface area contributed by atoms with Gasteiger partial charge >= 0.3 is 0 Å². The summed E-state index contributed by atoms with van der Waals surface area (Å²) in [6, 6.07) is 13.7. The summed E-state index contributed by atoms with van der Waals surface area (Å²) in [5, 5.41) is 2.89. The average molecular weight is 268 g/mol. The molecular formula is C17H20N2O. The molecule has 0 bridgehead atoms. The van der Waals surface area contributed by atoms with Gasteiger partial charge in [0.05, 0.1) is 0 Å². The number of amides is 1. The minimum atomic E-state index is -0.106. The molecule has 3 heteroatoms. The molecule has 20 heavy (non-hydrogen) atoms. The molecule has 1 N–H and O–H groups in total. The van der Waals surface area contributed by atoms with Crippen LogP contribution in [0.4, 0.5) is 0 Å². The monoisotopic (exact) mass is 268 g/mol. The maximum atomic E-state index is 11.9. The zero-order chi connectivity index (χ0) is 14.4. The maximum absolute atomic E-state index is 11.9. The number of nitrogens with one attached hydrogen (secondary N) is 1. The van der Waals surface area contributed by atoms with Gasteiger partial charge < -0.3 is 5.32 Å². The van der Waals surface area contributed by atoms with Crippen molar-refractivity contribution in [2.75, 3.05) is 6.54 Å². The average Bonchev–Trinajstić information content (AvgIpc) is 2.48. The highest BCUT2D eigenvalue weighted by Crippen LogP contribution is 2.17. The van der Waals surface area contributed by atoms with Gasteiger partial charge in [-0.2, -0.15) is 0 Å². The Morgan fingerprint density at radius 2 is 1.85 bits per heavy atom. The topological polar surface area (TPSA) is 42.0 Å². The minimum absolute atomic E-state index is 0.106. The van der Waals surface area contributed by atoms with Crippen LogP contribution in [0.5, 0.6) is 0 Å². The van der Waals surface area contributed by atoms with Crippen LogP contribution in [0.3, 0.4) is 0 Å². The van der Waals surface area contributed by atoms with Crippen LogP contribution in [-0.2, 0) is 0 Å². The standard InChI is InChI=1S/C17H20N2O/c1-13(2)10-11-18-17(20)16-9-8-15(12-19-16)14-6-4-3-5-7-14/h3-9,12-13H,10-11H2,1-2H3,(H,18,20). The van der Waals surface area contributed by atoms with E-state index in [1.54, 1.807) is 12.3 Å². The fourth-order valence-electron chi connectivity index (χ4n) is 1.89. The highest BCUT2D eigenvalue weighted by molar-refractivity contribution is 5.92. The van der Waals surface area contributed by atoms with Crippen molar-refractivity contribution < 1.29 is 4.79 Å². The Morgan fingerprint density at radius 3 is 2.45 bits per heavy atom. The van der Waals surface area contributed by atoms with Gasteiger partial charge in [0.2, 0.25) is 0 Å². The first-order chi connectivity index (χ1) is 9.66. The largest absolute Gasteiger partial charge is 0.351 e. The van der Waals surface area contributed by atoms with Crippen LogP contribution in [-0.4, -0.2) is 17.4 Å². The minimum Gasteiger partial charge on any atom is -0.351 e. The molecule has 1 aromatic carbocycles. The molecule has 2 aromatic rings. The zero-order valence-electron chi connectivity index (χ0n) is 12.0.